The third-order valence-corrected chi connectivity index (χ3v) is 4.68. The number of non-ortho nitro benzene ring substituents is 1. The molecule has 0 atom stereocenters. The number of hydrogen-bond acceptors (Lipinski definition) is 5. The van der Waals surface area contributed by atoms with E-state index in [4.69, 9.17) is 4.74 Å². The predicted molar refractivity (Wildman–Crippen MR) is 98.1 cm³/mol. The van der Waals surface area contributed by atoms with E-state index in [1.54, 1.807) is 6.07 Å². The summed E-state index contributed by atoms with van der Waals surface area (Å²) in [5.74, 6) is 0.329. The van der Waals surface area contributed by atoms with Crippen LogP contribution in [-0.4, -0.2) is 16.5 Å². The monoisotopic (exact) mass is 351 g/mol. The van der Waals surface area contributed by atoms with Gasteiger partial charge in [0.05, 0.1) is 11.5 Å². The fourth-order valence-electron chi connectivity index (χ4n) is 3.51. The van der Waals surface area contributed by atoms with Crippen molar-refractivity contribution in [3.05, 3.63) is 51.2 Å². The molecular weight excluding hydrogens is 330 g/mol. The second-order valence-corrected chi connectivity index (χ2v) is 6.36. The van der Waals surface area contributed by atoms with Crippen molar-refractivity contribution in [2.45, 2.75) is 45.4 Å². The number of ether oxygens (including phenoxy) is 1. The molecule has 0 fully saturated rings. The summed E-state index contributed by atoms with van der Waals surface area (Å²) in [5, 5.41) is 21.0. The van der Waals surface area contributed by atoms with E-state index < -0.39 is 4.92 Å². The van der Waals surface area contributed by atoms with Crippen molar-refractivity contribution in [3.63, 3.8) is 0 Å². The van der Waals surface area contributed by atoms with Gasteiger partial charge in [-0.3, -0.25) is 10.1 Å². The Balaban J connectivity index is 2.28. The molecule has 6 heteroatoms. The Kier molecular flexibility index (Phi) is 5.47. The molecule has 1 aromatic carbocycles. The van der Waals surface area contributed by atoms with Crippen molar-refractivity contribution in [2.75, 3.05) is 6.61 Å². The van der Waals surface area contributed by atoms with E-state index in [1.807, 2.05) is 13.0 Å². The number of benzene rings is 1. The van der Waals surface area contributed by atoms with E-state index >= 15 is 0 Å². The summed E-state index contributed by atoms with van der Waals surface area (Å²) in [7, 11) is 0. The van der Waals surface area contributed by atoms with Crippen LogP contribution in [-0.2, 0) is 12.8 Å². The van der Waals surface area contributed by atoms with Gasteiger partial charge in [-0.15, -0.1) is 0 Å². The molecule has 0 radical (unpaired) electrons. The maximum absolute atomic E-state index is 11.2. The summed E-state index contributed by atoms with van der Waals surface area (Å²) in [6.07, 6.45) is 6.03. The zero-order chi connectivity index (χ0) is 18.5. The average molecular weight is 351 g/mol. The number of aromatic nitrogens is 1. The van der Waals surface area contributed by atoms with Gasteiger partial charge in [-0.2, -0.15) is 5.26 Å². The number of rotatable bonds is 4. The Bertz CT molecular complexity index is 871. The number of pyridine rings is 1. The van der Waals surface area contributed by atoms with Crippen LogP contribution in [0.25, 0.3) is 11.1 Å². The molecule has 0 N–H and O–H groups in total. The maximum atomic E-state index is 11.2. The lowest BCUT2D eigenvalue weighted by Gasteiger charge is -2.20. The second-order valence-electron chi connectivity index (χ2n) is 6.36. The largest absolute Gasteiger partial charge is 0.477 e. The first-order valence-corrected chi connectivity index (χ1v) is 8.99. The minimum Gasteiger partial charge on any atom is -0.477 e. The molecule has 0 amide bonds. The molecule has 6 nitrogen and oxygen atoms in total. The van der Waals surface area contributed by atoms with Gasteiger partial charge in [-0.1, -0.05) is 25.0 Å². The van der Waals surface area contributed by atoms with E-state index in [9.17, 15) is 15.4 Å². The predicted octanol–water partition coefficient (Wildman–Crippen LogP) is 4.59. The lowest BCUT2D eigenvalue weighted by atomic mass is 9.88. The zero-order valence-corrected chi connectivity index (χ0v) is 14.8. The van der Waals surface area contributed by atoms with Crippen LogP contribution in [0.15, 0.2) is 24.3 Å². The number of nitro benzene ring substituents is 1. The van der Waals surface area contributed by atoms with Crippen LogP contribution in [0.3, 0.4) is 0 Å². The molecule has 134 valence electrons. The average Bonchev–Trinajstić information content (AvgIpc) is 2.62. The molecule has 26 heavy (non-hydrogen) atoms. The number of nitriles is 1. The third-order valence-electron chi connectivity index (χ3n) is 4.68. The van der Waals surface area contributed by atoms with Crippen LogP contribution < -0.4 is 4.74 Å². The van der Waals surface area contributed by atoms with Crippen LogP contribution >= 0.6 is 0 Å². The molecule has 0 unspecified atom stereocenters. The minimum atomic E-state index is -0.413. The van der Waals surface area contributed by atoms with Gasteiger partial charge in [0, 0.05) is 23.4 Å². The van der Waals surface area contributed by atoms with Crippen LogP contribution in [0.1, 0.15) is 49.4 Å². The molecule has 0 saturated heterocycles. The minimum absolute atomic E-state index is 0.0146. The van der Waals surface area contributed by atoms with Crippen LogP contribution in [0.2, 0.25) is 0 Å². The zero-order valence-electron chi connectivity index (χ0n) is 14.8. The van der Waals surface area contributed by atoms with Crippen LogP contribution in [0.4, 0.5) is 5.69 Å². The molecular formula is C20H21N3O3. The Labute approximate surface area is 152 Å². The molecule has 1 aromatic heterocycles. The van der Waals surface area contributed by atoms with Gasteiger partial charge in [0.1, 0.15) is 11.6 Å². The van der Waals surface area contributed by atoms with Gasteiger partial charge >= 0.3 is 0 Å². The van der Waals surface area contributed by atoms with Crippen molar-refractivity contribution >= 4 is 5.69 Å². The number of aryl methyl sites for hydroxylation is 1. The lowest BCUT2D eigenvalue weighted by molar-refractivity contribution is -0.384. The summed E-state index contributed by atoms with van der Waals surface area (Å²) in [6.45, 7) is 2.27. The van der Waals surface area contributed by atoms with E-state index in [0.29, 0.717) is 23.6 Å². The molecule has 0 spiro atoms. The smallest absolute Gasteiger partial charge is 0.270 e. The number of hydrogen-bond donors (Lipinski definition) is 0. The van der Waals surface area contributed by atoms with Crippen molar-refractivity contribution in [2.24, 2.45) is 0 Å². The summed E-state index contributed by atoms with van der Waals surface area (Å²) < 4.78 is 5.64. The first-order chi connectivity index (χ1) is 12.7. The highest BCUT2D eigenvalue weighted by molar-refractivity contribution is 5.78. The highest BCUT2D eigenvalue weighted by Crippen LogP contribution is 2.37. The molecule has 1 aliphatic rings. The number of nitro groups is 1. The van der Waals surface area contributed by atoms with Gasteiger partial charge < -0.3 is 4.74 Å². The van der Waals surface area contributed by atoms with Gasteiger partial charge in [0.2, 0.25) is 5.88 Å². The Hall–Kier alpha value is -2.94. The first kappa shape index (κ1) is 17.9. The highest BCUT2D eigenvalue weighted by atomic mass is 16.6. The van der Waals surface area contributed by atoms with Crippen molar-refractivity contribution in [3.8, 4) is 23.1 Å². The van der Waals surface area contributed by atoms with Crippen LogP contribution in [0.5, 0.6) is 5.88 Å². The molecule has 3 rings (SSSR count). The van der Waals surface area contributed by atoms with Gasteiger partial charge in [0.15, 0.2) is 0 Å². The Morgan fingerprint density at radius 2 is 2.04 bits per heavy atom. The molecule has 2 aromatic rings. The first-order valence-electron chi connectivity index (χ1n) is 8.99. The molecule has 1 aliphatic carbocycles. The fourth-order valence-corrected chi connectivity index (χ4v) is 3.51. The van der Waals surface area contributed by atoms with Gasteiger partial charge in [0.25, 0.3) is 5.69 Å². The number of fused-ring (bicyclic) bond motifs is 1. The molecule has 0 bridgehead atoms. The van der Waals surface area contributed by atoms with Crippen molar-refractivity contribution < 1.29 is 9.66 Å². The summed E-state index contributed by atoms with van der Waals surface area (Å²) in [6, 6.07) is 8.69. The van der Waals surface area contributed by atoms with Gasteiger partial charge in [-0.05, 0) is 43.7 Å². The number of nitrogens with zero attached hydrogens (tertiary/aromatic N) is 3. The van der Waals surface area contributed by atoms with E-state index in [2.05, 4.69) is 11.1 Å². The highest BCUT2D eigenvalue weighted by Gasteiger charge is 2.23. The Morgan fingerprint density at radius 1 is 1.27 bits per heavy atom. The van der Waals surface area contributed by atoms with Crippen LogP contribution in [0, 0.1) is 21.4 Å². The Morgan fingerprint density at radius 3 is 2.73 bits per heavy atom. The van der Waals surface area contributed by atoms with E-state index in [0.717, 1.165) is 55.3 Å². The van der Waals surface area contributed by atoms with Crippen molar-refractivity contribution in [1.29, 1.82) is 5.26 Å². The van der Waals surface area contributed by atoms with E-state index in [-0.39, 0.29) is 5.69 Å². The molecule has 0 saturated carbocycles. The van der Waals surface area contributed by atoms with Gasteiger partial charge in [-0.25, -0.2) is 4.98 Å². The fraction of sp³-hybridized carbons (Fsp3) is 0.400. The topological polar surface area (TPSA) is 89.1 Å². The summed E-state index contributed by atoms with van der Waals surface area (Å²) in [5.41, 5.74) is 3.79. The normalized spacial score (nSPS) is 13.8. The maximum Gasteiger partial charge on any atom is 0.270 e. The standard InChI is InChI=1S/C20H21N3O3/c1-2-26-20-17(13-21)19(14-8-7-9-15(12-14)23(24)25)16-10-5-3-4-6-11-18(16)22-20/h7-9,12H,2-6,10-11H2,1H3. The summed E-state index contributed by atoms with van der Waals surface area (Å²) >= 11 is 0. The third kappa shape index (κ3) is 3.52. The second kappa shape index (κ2) is 7.96. The lowest BCUT2D eigenvalue weighted by Crippen LogP contribution is -2.10. The van der Waals surface area contributed by atoms with E-state index in [1.165, 1.54) is 12.1 Å². The summed E-state index contributed by atoms with van der Waals surface area (Å²) in [4.78, 5) is 15.4. The molecule has 0 aliphatic heterocycles. The quantitative estimate of drug-likeness (QED) is 0.594. The molecule has 1 heterocycles. The van der Waals surface area contributed by atoms with Crippen molar-refractivity contribution in [1.82, 2.24) is 4.98 Å². The SMILES string of the molecule is CCOc1nc2c(c(-c3cccc([N+](=O)[O-])c3)c1C#N)CCCCCC2.